The third-order valence-electron chi connectivity index (χ3n) is 1.07. The van der Waals surface area contributed by atoms with Crippen molar-refractivity contribution in [2.75, 3.05) is 6.16 Å². The van der Waals surface area contributed by atoms with Gasteiger partial charge in [0.05, 0.1) is 0 Å². The van der Waals surface area contributed by atoms with Crippen molar-refractivity contribution in [2.45, 2.75) is 26.2 Å². The van der Waals surface area contributed by atoms with E-state index in [9.17, 15) is 0 Å². The maximum Gasteiger partial charge on any atom is -0.0319 e. The van der Waals surface area contributed by atoms with E-state index in [0.717, 1.165) is 8.58 Å². The first kappa shape index (κ1) is 8.17. The van der Waals surface area contributed by atoms with Crippen molar-refractivity contribution >= 4 is 8.58 Å². The van der Waals surface area contributed by atoms with E-state index in [-0.39, 0.29) is 0 Å². The van der Waals surface area contributed by atoms with E-state index >= 15 is 0 Å². The van der Waals surface area contributed by atoms with E-state index in [4.69, 9.17) is 0 Å². The Morgan fingerprint density at radius 2 is 2.25 bits per heavy atom. The molecule has 0 saturated carbocycles. The second kappa shape index (κ2) is 7.17. The summed E-state index contributed by atoms with van der Waals surface area (Å²) in [5, 5.41) is 0. The van der Waals surface area contributed by atoms with Gasteiger partial charge in [0.1, 0.15) is 0 Å². The van der Waals surface area contributed by atoms with Crippen molar-refractivity contribution in [1.82, 2.24) is 0 Å². The highest BCUT2D eigenvalue weighted by Crippen LogP contribution is 2.12. The van der Waals surface area contributed by atoms with Crippen molar-refractivity contribution < 1.29 is 0 Å². The van der Waals surface area contributed by atoms with Crippen molar-refractivity contribution in [1.29, 1.82) is 0 Å². The first-order valence-electron chi connectivity index (χ1n) is 3.26. The lowest BCUT2D eigenvalue weighted by Gasteiger charge is -1.92. The summed E-state index contributed by atoms with van der Waals surface area (Å²) in [6, 6.07) is 0. The lowest BCUT2D eigenvalue weighted by Crippen LogP contribution is -1.73. The van der Waals surface area contributed by atoms with Crippen LogP contribution in [-0.2, 0) is 0 Å². The Kier molecular flexibility index (Phi) is 7.32. The summed E-state index contributed by atoms with van der Waals surface area (Å²) < 4.78 is 0. The highest BCUT2D eigenvalue weighted by atomic mass is 31.1. The topological polar surface area (TPSA) is 0 Å². The van der Waals surface area contributed by atoms with E-state index in [1.807, 2.05) is 5.82 Å². The molecule has 0 bridgehead atoms. The van der Waals surface area contributed by atoms with E-state index in [1.165, 1.54) is 25.4 Å². The second-order valence-corrected chi connectivity index (χ2v) is 3.18. The predicted octanol–water partition coefficient (Wildman–Crippen LogP) is 3.00. The molecule has 1 unspecified atom stereocenters. The molecule has 0 heterocycles. The molecular weight excluding hydrogens is 115 g/mol. The molecule has 0 nitrogen and oxygen atoms in total. The minimum Gasteiger partial charge on any atom is -0.0990 e. The largest absolute Gasteiger partial charge is 0.0990 e. The summed E-state index contributed by atoms with van der Waals surface area (Å²) in [7, 11) is 0.989. The molecule has 0 aromatic carbocycles. The fourth-order valence-electron chi connectivity index (χ4n) is 0.579. The van der Waals surface area contributed by atoms with Crippen LogP contribution in [0.5, 0.6) is 0 Å². The molecule has 1 heteroatoms. The lowest BCUT2D eigenvalue weighted by molar-refractivity contribution is 0.778. The van der Waals surface area contributed by atoms with Gasteiger partial charge in [0.25, 0.3) is 0 Å². The van der Waals surface area contributed by atoms with Crippen LogP contribution >= 0.6 is 8.58 Å². The molecule has 0 rings (SSSR count). The molecule has 1 atom stereocenters. The average molecular weight is 130 g/mol. The van der Waals surface area contributed by atoms with Crippen LogP contribution in [0.3, 0.4) is 0 Å². The SMILES string of the molecule is C=CPCCCCC. The summed E-state index contributed by atoms with van der Waals surface area (Å²) in [5.74, 6) is 2.02. The van der Waals surface area contributed by atoms with Crippen LogP contribution in [0.25, 0.3) is 0 Å². The van der Waals surface area contributed by atoms with E-state index in [1.54, 1.807) is 0 Å². The van der Waals surface area contributed by atoms with E-state index < -0.39 is 0 Å². The van der Waals surface area contributed by atoms with Crippen LogP contribution in [0.15, 0.2) is 12.4 Å². The van der Waals surface area contributed by atoms with Gasteiger partial charge in [-0.3, -0.25) is 0 Å². The molecule has 0 aliphatic rings. The van der Waals surface area contributed by atoms with Gasteiger partial charge >= 0.3 is 0 Å². The van der Waals surface area contributed by atoms with Crippen LogP contribution < -0.4 is 0 Å². The van der Waals surface area contributed by atoms with Gasteiger partial charge in [-0.15, -0.1) is 0 Å². The minimum absolute atomic E-state index is 0.989. The van der Waals surface area contributed by atoms with Crippen LogP contribution in [-0.4, -0.2) is 6.16 Å². The summed E-state index contributed by atoms with van der Waals surface area (Å²) in [6.07, 6.45) is 5.47. The Morgan fingerprint density at radius 3 is 2.75 bits per heavy atom. The lowest BCUT2D eigenvalue weighted by atomic mass is 10.3. The van der Waals surface area contributed by atoms with Crippen molar-refractivity contribution in [3.05, 3.63) is 12.4 Å². The average Bonchev–Trinajstić information content (AvgIpc) is 1.81. The van der Waals surface area contributed by atoms with Crippen LogP contribution in [0.1, 0.15) is 26.2 Å². The van der Waals surface area contributed by atoms with Crippen molar-refractivity contribution in [3.63, 3.8) is 0 Å². The zero-order valence-electron chi connectivity index (χ0n) is 5.61. The normalized spacial score (nSPS) is 10.6. The molecular formula is C7H15P. The standard InChI is InChI=1S/C7H15P/c1-3-5-6-7-8-4-2/h4,8H,2-3,5-7H2,1H3. The zero-order chi connectivity index (χ0) is 6.24. The van der Waals surface area contributed by atoms with Gasteiger partial charge < -0.3 is 0 Å². The number of unbranched alkanes of at least 4 members (excludes halogenated alkanes) is 2. The molecule has 0 spiro atoms. The molecule has 0 N–H and O–H groups in total. The summed E-state index contributed by atoms with van der Waals surface area (Å²) in [4.78, 5) is 0. The van der Waals surface area contributed by atoms with E-state index in [0.29, 0.717) is 0 Å². The van der Waals surface area contributed by atoms with Gasteiger partial charge in [-0.05, 0) is 12.6 Å². The third kappa shape index (κ3) is 6.17. The molecule has 0 fully saturated rings. The van der Waals surface area contributed by atoms with Crippen LogP contribution in [0.2, 0.25) is 0 Å². The maximum absolute atomic E-state index is 3.67. The second-order valence-electron chi connectivity index (χ2n) is 1.87. The summed E-state index contributed by atoms with van der Waals surface area (Å²) >= 11 is 0. The molecule has 0 aliphatic heterocycles. The fourth-order valence-corrected chi connectivity index (χ4v) is 1.24. The minimum atomic E-state index is 0.989. The zero-order valence-corrected chi connectivity index (χ0v) is 6.61. The maximum atomic E-state index is 3.67. The number of hydrogen-bond donors (Lipinski definition) is 0. The number of rotatable bonds is 5. The number of hydrogen-bond acceptors (Lipinski definition) is 0. The van der Waals surface area contributed by atoms with Gasteiger partial charge in [0, 0.05) is 0 Å². The van der Waals surface area contributed by atoms with Crippen molar-refractivity contribution in [2.24, 2.45) is 0 Å². The highest BCUT2D eigenvalue weighted by Gasteiger charge is 1.81. The van der Waals surface area contributed by atoms with Gasteiger partial charge in [-0.1, -0.05) is 40.7 Å². The van der Waals surface area contributed by atoms with Crippen LogP contribution in [0.4, 0.5) is 0 Å². The van der Waals surface area contributed by atoms with Crippen LogP contribution in [0, 0.1) is 0 Å². The Hall–Kier alpha value is 0.170. The van der Waals surface area contributed by atoms with Gasteiger partial charge in [-0.2, -0.15) is 0 Å². The Labute approximate surface area is 54.2 Å². The summed E-state index contributed by atoms with van der Waals surface area (Å²) in [5.41, 5.74) is 0. The fraction of sp³-hybridized carbons (Fsp3) is 0.714. The molecule has 48 valence electrons. The quantitative estimate of drug-likeness (QED) is 0.396. The Balaban J connectivity index is 2.62. The van der Waals surface area contributed by atoms with Gasteiger partial charge in [-0.25, -0.2) is 0 Å². The monoisotopic (exact) mass is 130 g/mol. The van der Waals surface area contributed by atoms with Crippen molar-refractivity contribution in [3.8, 4) is 0 Å². The Bertz CT molecular complexity index is 50.3. The summed E-state index contributed by atoms with van der Waals surface area (Å²) in [6.45, 7) is 5.90. The first-order chi connectivity index (χ1) is 3.91. The smallest absolute Gasteiger partial charge is 0.0319 e. The van der Waals surface area contributed by atoms with Gasteiger partial charge in [0.2, 0.25) is 0 Å². The van der Waals surface area contributed by atoms with E-state index in [2.05, 4.69) is 13.5 Å². The van der Waals surface area contributed by atoms with Gasteiger partial charge in [0.15, 0.2) is 0 Å². The molecule has 0 radical (unpaired) electrons. The predicted molar refractivity (Wildman–Crippen MR) is 42.9 cm³/mol. The molecule has 0 aromatic rings. The first-order valence-corrected chi connectivity index (χ1v) is 4.54. The highest BCUT2D eigenvalue weighted by molar-refractivity contribution is 7.41. The Morgan fingerprint density at radius 1 is 1.50 bits per heavy atom. The molecule has 0 aliphatic carbocycles. The molecule has 0 aromatic heterocycles. The molecule has 8 heavy (non-hydrogen) atoms. The molecule has 0 saturated heterocycles. The third-order valence-corrected chi connectivity index (χ3v) is 2.00. The molecule has 0 amide bonds.